The van der Waals surface area contributed by atoms with Gasteiger partial charge in [-0.15, -0.1) is 11.3 Å². The number of carbonyl (C=O) groups excluding carboxylic acids is 2. The molecule has 2 atom stereocenters. The molecule has 0 amide bonds. The largest absolute Gasteiger partial charge is 0.467 e. The highest BCUT2D eigenvalue weighted by Crippen LogP contribution is 2.53. The summed E-state index contributed by atoms with van der Waals surface area (Å²) < 4.78 is 10.5. The summed E-state index contributed by atoms with van der Waals surface area (Å²) in [7, 11) is 2.71. The Morgan fingerprint density at radius 3 is 2.13 bits per heavy atom. The van der Waals surface area contributed by atoms with Gasteiger partial charge in [0.25, 0.3) is 0 Å². The van der Waals surface area contributed by atoms with Gasteiger partial charge in [-0.3, -0.25) is 0 Å². The quantitative estimate of drug-likeness (QED) is 0.571. The third-order valence-electron chi connectivity index (χ3n) is 5.34. The number of hydrogen-bond acceptors (Lipinski definition) is 6. The van der Waals surface area contributed by atoms with Crippen molar-refractivity contribution in [2.45, 2.75) is 11.5 Å². The highest BCUT2D eigenvalue weighted by molar-refractivity contribution is 7.10. The van der Waals surface area contributed by atoms with Crippen LogP contribution in [0.3, 0.4) is 0 Å². The molecule has 1 aromatic heterocycles. The molecule has 2 aromatic carbocycles. The number of hydrogen-bond donors (Lipinski definition) is 0. The van der Waals surface area contributed by atoms with E-state index in [0.717, 1.165) is 10.4 Å². The lowest BCUT2D eigenvalue weighted by molar-refractivity contribution is -0.147. The molecular formula is C24H21NO4S. The van der Waals surface area contributed by atoms with E-state index in [2.05, 4.69) is 0 Å². The van der Waals surface area contributed by atoms with Crippen LogP contribution in [0.4, 0.5) is 5.69 Å². The molecule has 3 aromatic rings. The van der Waals surface area contributed by atoms with Crippen molar-refractivity contribution >= 4 is 29.0 Å². The molecular weight excluding hydrogens is 398 g/mol. The van der Waals surface area contributed by atoms with Crippen LogP contribution in [0.25, 0.3) is 0 Å². The summed E-state index contributed by atoms with van der Waals surface area (Å²) in [6, 6.07) is 22.7. The topological polar surface area (TPSA) is 55.8 Å². The third kappa shape index (κ3) is 3.00. The van der Waals surface area contributed by atoms with Crippen LogP contribution < -0.4 is 4.90 Å². The fraction of sp³-hybridized carbons (Fsp3) is 0.167. The van der Waals surface area contributed by atoms with Gasteiger partial charge < -0.3 is 14.4 Å². The summed E-state index contributed by atoms with van der Waals surface area (Å²) in [5.74, 6) is -1.41. The SMILES string of the molecule is COC(=O)C1=C[C@H](c2cccs2)[C@@](C(=O)OC)(c2ccccc2)N1c1ccccc1. The molecule has 0 unspecified atom stereocenters. The lowest BCUT2D eigenvalue weighted by Gasteiger charge is -2.42. The number of nitrogens with zero attached hydrogens (tertiary/aromatic N) is 1. The molecule has 0 N–H and O–H groups in total. The first-order chi connectivity index (χ1) is 14.6. The van der Waals surface area contributed by atoms with E-state index in [-0.39, 0.29) is 0 Å². The summed E-state index contributed by atoms with van der Waals surface area (Å²) in [5.41, 5.74) is 0.430. The average molecular weight is 420 g/mol. The Bertz CT molecular complexity index is 1060. The highest BCUT2D eigenvalue weighted by atomic mass is 32.1. The first-order valence-corrected chi connectivity index (χ1v) is 10.3. The second kappa shape index (κ2) is 8.16. The Hall–Kier alpha value is -3.38. The molecule has 0 bridgehead atoms. The van der Waals surface area contributed by atoms with Crippen LogP contribution in [0.1, 0.15) is 16.4 Å². The average Bonchev–Trinajstić information content (AvgIpc) is 3.45. The van der Waals surface area contributed by atoms with E-state index >= 15 is 0 Å². The number of para-hydroxylation sites is 1. The molecule has 0 aliphatic carbocycles. The summed E-state index contributed by atoms with van der Waals surface area (Å²) in [6.45, 7) is 0. The zero-order valence-electron chi connectivity index (χ0n) is 16.6. The molecule has 2 heterocycles. The van der Waals surface area contributed by atoms with Gasteiger partial charge in [-0.1, -0.05) is 54.6 Å². The summed E-state index contributed by atoms with van der Waals surface area (Å²) >= 11 is 1.53. The molecule has 0 saturated heterocycles. The summed E-state index contributed by atoms with van der Waals surface area (Å²) in [4.78, 5) is 29.2. The Kier molecular flexibility index (Phi) is 5.42. The van der Waals surface area contributed by atoms with E-state index < -0.39 is 23.4 Å². The van der Waals surface area contributed by atoms with Gasteiger partial charge in [0.2, 0.25) is 0 Å². The number of ether oxygens (including phenoxy) is 2. The van der Waals surface area contributed by atoms with E-state index in [9.17, 15) is 9.59 Å². The number of carbonyl (C=O) groups is 2. The standard InChI is InChI=1S/C24H21NO4S/c1-28-22(26)20-16-19(21-14-9-15-30-21)24(23(27)29-2,17-10-5-3-6-11-17)25(20)18-12-7-4-8-13-18/h3-16,19H,1-2H3/t19-,24-/m1/s1. The van der Waals surface area contributed by atoms with E-state index in [1.807, 2.05) is 84.3 Å². The number of thiophene rings is 1. The summed E-state index contributed by atoms with van der Waals surface area (Å²) in [6.07, 6.45) is 1.81. The molecule has 1 aliphatic rings. The normalized spacial score (nSPS) is 20.5. The van der Waals surface area contributed by atoms with Gasteiger partial charge in [0.05, 0.1) is 20.1 Å². The van der Waals surface area contributed by atoms with Crippen LogP contribution in [0.15, 0.2) is 89.9 Å². The molecule has 0 spiro atoms. The van der Waals surface area contributed by atoms with Crippen LogP contribution in [-0.4, -0.2) is 26.2 Å². The smallest absolute Gasteiger partial charge is 0.354 e. The van der Waals surface area contributed by atoms with Crippen molar-refractivity contribution in [3.63, 3.8) is 0 Å². The molecule has 152 valence electrons. The van der Waals surface area contributed by atoms with Gasteiger partial charge in [0.1, 0.15) is 5.70 Å². The second-order valence-corrected chi connectivity index (χ2v) is 7.81. The van der Waals surface area contributed by atoms with Crippen LogP contribution in [-0.2, 0) is 24.6 Å². The molecule has 6 heteroatoms. The molecule has 0 radical (unpaired) electrons. The highest BCUT2D eigenvalue weighted by Gasteiger charge is 2.59. The minimum atomic E-state index is -1.30. The van der Waals surface area contributed by atoms with Crippen LogP contribution >= 0.6 is 11.3 Å². The van der Waals surface area contributed by atoms with Gasteiger partial charge in [-0.2, -0.15) is 0 Å². The monoisotopic (exact) mass is 419 g/mol. The second-order valence-electron chi connectivity index (χ2n) is 6.83. The van der Waals surface area contributed by atoms with E-state index in [0.29, 0.717) is 11.4 Å². The van der Waals surface area contributed by atoms with Gasteiger partial charge in [-0.05, 0) is 35.2 Å². The van der Waals surface area contributed by atoms with Gasteiger partial charge in [0.15, 0.2) is 5.54 Å². The van der Waals surface area contributed by atoms with Crippen molar-refractivity contribution < 1.29 is 19.1 Å². The minimum Gasteiger partial charge on any atom is -0.467 e. The van der Waals surface area contributed by atoms with Gasteiger partial charge in [-0.25, -0.2) is 9.59 Å². The molecule has 0 saturated carbocycles. The predicted molar refractivity (Wildman–Crippen MR) is 116 cm³/mol. The Morgan fingerprint density at radius 2 is 1.57 bits per heavy atom. The third-order valence-corrected chi connectivity index (χ3v) is 6.29. The maximum Gasteiger partial charge on any atom is 0.354 e. The van der Waals surface area contributed by atoms with Gasteiger partial charge in [0, 0.05) is 10.6 Å². The maximum atomic E-state index is 13.6. The van der Waals surface area contributed by atoms with Gasteiger partial charge >= 0.3 is 11.9 Å². The van der Waals surface area contributed by atoms with Crippen molar-refractivity contribution in [2.75, 3.05) is 19.1 Å². The van der Waals surface area contributed by atoms with E-state index in [1.54, 1.807) is 4.90 Å². The Balaban J connectivity index is 2.08. The molecule has 5 nitrogen and oxygen atoms in total. The van der Waals surface area contributed by atoms with Crippen molar-refractivity contribution in [1.29, 1.82) is 0 Å². The molecule has 30 heavy (non-hydrogen) atoms. The Labute approximate surface area is 179 Å². The van der Waals surface area contributed by atoms with Crippen LogP contribution in [0, 0.1) is 0 Å². The van der Waals surface area contributed by atoms with Crippen molar-refractivity contribution in [1.82, 2.24) is 0 Å². The zero-order chi connectivity index (χ0) is 21.1. The number of benzene rings is 2. The van der Waals surface area contributed by atoms with Crippen molar-refractivity contribution in [3.05, 3.63) is 100 Å². The van der Waals surface area contributed by atoms with Crippen LogP contribution in [0.2, 0.25) is 0 Å². The van der Waals surface area contributed by atoms with Crippen molar-refractivity contribution in [3.8, 4) is 0 Å². The lowest BCUT2D eigenvalue weighted by atomic mass is 9.77. The first kappa shape index (κ1) is 19.9. The first-order valence-electron chi connectivity index (χ1n) is 9.47. The molecule has 1 aliphatic heterocycles. The number of anilines is 1. The molecule has 4 rings (SSSR count). The zero-order valence-corrected chi connectivity index (χ0v) is 17.5. The fourth-order valence-corrected chi connectivity index (χ4v) is 4.97. The van der Waals surface area contributed by atoms with Crippen molar-refractivity contribution in [2.24, 2.45) is 0 Å². The lowest BCUT2D eigenvalue weighted by Crippen LogP contribution is -2.53. The molecule has 0 fully saturated rings. The maximum absolute atomic E-state index is 13.6. The number of rotatable bonds is 5. The fourth-order valence-electron chi connectivity index (χ4n) is 4.11. The predicted octanol–water partition coefficient (Wildman–Crippen LogP) is 4.48. The van der Waals surface area contributed by atoms with E-state index in [1.165, 1.54) is 25.6 Å². The number of methoxy groups -OCH3 is 2. The number of esters is 2. The van der Waals surface area contributed by atoms with Crippen LogP contribution in [0.5, 0.6) is 0 Å². The minimum absolute atomic E-state index is 0.302. The van der Waals surface area contributed by atoms with E-state index in [4.69, 9.17) is 9.47 Å². The Morgan fingerprint density at radius 1 is 0.900 bits per heavy atom. The summed E-state index contributed by atoms with van der Waals surface area (Å²) in [5, 5.41) is 1.96.